The number of nitrogen functional groups attached to an aromatic ring is 1. The summed E-state index contributed by atoms with van der Waals surface area (Å²) in [6, 6.07) is 1.68. The van der Waals surface area contributed by atoms with Crippen LogP contribution < -0.4 is 11.1 Å². The van der Waals surface area contributed by atoms with Gasteiger partial charge in [-0.3, -0.25) is 0 Å². The van der Waals surface area contributed by atoms with Gasteiger partial charge < -0.3 is 11.1 Å². The number of anilines is 2. The number of nitrogens with zero attached hydrogens (tertiary/aromatic N) is 2. The Kier molecular flexibility index (Phi) is 3.58. The molecule has 0 saturated heterocycles. The summed E-state index contributed by atoms with van der Waals surface area (Å²) in [5.41, 5.74) is 9.22. The summed E-state index contributed by atoms with van der Waals surface area (Å²) in [5, 5.41) is 5.72. The van der Waals surface area contributed by atoms with Gasteiger partial charge in [-0.25, -0.2) is 9.97 Å². The summed E-state index contributed by atoms with van der Waals surface area (Å²) in [7, 11) is 0. The smallest absolute Gasteiger partial charge is 0.149 e. The van der Waals surface area contributed by atoms with Crippen LogP contribution in [0.4, 0.5) is 11.5 Å². The second-order valence-corrected chi connectivity index (χ2v) is 4.40. The average Bonchev–Trinajstić information content (AvgIpc) is 2.74. The van der Waals surface area contributed by atoms with Gasteiger partial charge in [-0.05, 0) is 6.07 Å². The highest BCUT2D eigenvalue weighted by Gasteiger charge is 2.01. The molecule has 0 aromatic carbocycles. The first-order valence-corrected chi connectivity index (χ1v) is 6.10. The Morgan fingerprint density at radius 2 is 2.31 bits per heavy atom. The largest absolute Gasteiger partial charge is 0.396 e. The minimum atomic E-state index is 0.544. The predicted molar refractivity (Wildman–Crippen MR) is 68.0 cm³/mol. The van der Waals surface area contributed by atoms with Crippen LogP contribution in [-0.2, 0) is 6.42 Å². The van der Waals surface area contributed by atoms with Crippen LogP contribution in [0, 0.1) is 0 Å². The van der Waals surface area contributed by atoms with Crippen molar-refractivity contribution in [1.82, 2.24) is 9.97 Å². The highest BCUT2D eigenvalue weighted by Crippen LogP contribution is 2.19. The zero-order valence-electron chi connectivity index (χ0n) is 8.48. The molecular formula is C10H11ClN4S. The lowest BCUT2D eigenvalue weighted by atomic mass is 10.3. The zero-order chi connectivity index (χ0) is 11.4. The van der Waals surface area contributed by atoms with Gasteiger partial charge in [-0.2, -0.15) is 0 Å². The van der Waals surface area contributed by atoms with Crippen LogP contribution in [0.15, 0.2) is 23.2 Å². The Hall–Kier alpha value is -1.33. The van der Waals surface area contributed by atoms with Crippen molar-refractivity contribution in [2.45, 2.75) is 6.42 Å². The summed E-state index contributed by atoms with van der Waals surface area (Å²) >= 11 is 7.35. The molecule has 0 unspecified atom stereocenters. The van der Waals surface area contributed by atoms with E-state index in [4.69, 9.17) is 17.3 Å². The van der Waals surface area contributed by atoms with E-state index in [9.17, 15) is 0 Å². The van der Waals surface area contributed by atoms with Crippen LogP contribution in [0.25, 0.3) is 0 Å². The fraction of sp³-hybridized carbons (Fsp3) is 0.200. The molecule has 0 saturated carbocycles. The van der Waals surface area contributed by atoms with Crippen molar-refractivity contribution in [3.05, 3.63) is 33.9 Å². The lowest BCUT2D eigenvalue weighted by molar-refractivity contribution is 0.969. The van der Waals surface area contributed by atoms with Gasteiger partial charge in [0.2, 0.25) is 0 Å². The quantitative estimate of drug-likeness (QED) is 0.880. The second-order valence-electron chi connectivity index (χ2n) is 3.25. The zero-order valence-corrected chi connectivity index (χ0v) is 10.1. The highest BCUT2D eigenvalue weighted by atomic mass is 35.5. The third-order valence-corrected chi connectivity index (χ3v) is 2.88. The fourth-order valence-electron chi connectivity index (χ4n) is 1.27. The van der Waals surface area contributed by atoms with E-state index >= 15 is 0 Å². The minimum absolute atomic E-state index is 0.544. The predicted octanol–water partition coefficient (Wildman–Crippen LogP) is 2.43. The summed E-state index contributed by atoms with van der Waals surface area (Å²) in [6.07, 6.45) is 2.43. The number of nitrogens with one attached hydrogen (secondary N) is 1. The van der Waals surface area contributed by atoms with Crippen LogP contribution in [0.1, 0.15) is 5.69 Å². The average molecular weight is 255 g/mol. The van der Waals surface area contributed by atoms with E-state index in [1.807, 2.05) is 10.9 Å². The Labute approximate surface area is 102 Å². The molecule has 0 atom stereocenters. The van der Waals surface area contributed by atoms with Crippen LogP contribution in [-0.4, -0.2) is 16.5 Å². The lowest BCUT2D eigenvalue weighted by Gasteiger charge is -2.07. The van der Waals surface area contributed by atoms with E-state index in [0.717, 1.165) is 18.7 Å². The van der Waals surface area contributed by atoms with Gasteiger partial charge in [0.25, 0.3) is 0 Å². The van der Waals surface area contributed by atoms with Crippen LogP contribution in [0.5, 0.6) is 0 Å². The molecule has 4 nitrogen and oxygen atoms in total. The number of nitrogens with two attached hydrogens (primary N) is 1. The molecule has 2 aromatic rings. The summed E-state index contributed by atoms with van der Waals surface area (Å²) in [4.78, 5) is 8.30. The van der Waals surface area contributed by atoms with Crippen LogP contribution >= 0.6 is 22.9 Å². The first-order valence-electron chi connectivity index (χ1n) is 4.77. The number of thiazole rings is 1. The lowest BCUT2D eigenvalue weighted by Crippen LogP contribution is -2.08. The fourth-order valence-corrected chi connectivity index (χ4v) is 2.03. The molecule has 2 aromatic heterocycles. The number of hydrogen-bond donors (Lipinski definition) is 2. The molecule has 0 aliphatic rings. The molecule has 0 fully saturated rings. The van der Waals surface area contributed by atoms with Gasteiger partial charge in [0, 0.05) is 24.5 Å². The van der Waals surface area contributed by atoms with Crippen molar-refractivity contribution in [2.75, 3.05) is 17.6 Å². The number of hydrogen-bond acceptors (Lipinski definition) is 5. The molecule has 3 N–H and O–H groups in total. The van der Waals surface area contributed by atoms with Gasteiger partial charge in [-0.1, -0.05) is 11.6 Å². The highest BCUT2D eigenvalue weighted by molar-refractivity contribution is 7.07. The summed E-state index contributed by atoms with van der Waals surface area (Å²) < 4.78 is 0. The van der Waals surface area contributed by atoms with Crippen molar-refractivity contribution >= 4 is 34.4 Å². The normalized spacial score (nSPS) is 10.3. The van der Waals surface area contributed by atoms with Crippen LogP contribution in [0.3, 0.4) is 0 Å². The molecule has 0 aliphatic heterocycles. The maximum atomic E-state index is 5.76. The maximum Gasteiger partial charge on any atom is 0.149 e. The van der Waals surface area contributed by atoms with Crippen molar-refractivity contribution in [3.8, 4) is 0 Å². The molecule has 0 radical (unpaired) electrons. The Balaban J connectivity index is 1.90. The van der Waals surface area contributed by atoms with Gasteiger partial charge >= 0.3 is 0 Å². The standard InChI is InChI=1S/C10H11ClN4S/c11-7-3-9(12)10(14-4-7)13-2-1-8-5-16-6-15-8/h3-6H,1-2,12H2,(H,13,14). The van der Waals surface area contributed by atoms with E-state index in [0.29, 0.717) is 16.5 Å². The van der Waals surface area contributed by atoms with E-state index in [1.54, 1.807) is 23.6 Å². The van der Waals surface area contributed by atoms with Gasteiger partial charge in [0.15, 0.2) is 0 Å². The van der Waals surface area contributed by atoms with Gasteiger partial charge in [0.05, 0.1) is 21.9 Å². The van der Waals surface area contributed by atoms with Crippen molar-refractivity contribution in [3.63, 3.8) is 0 Å². The first-order chi connectivity index (χ1) is 7.75. The number of halogens is 1. The summed E-state index contributed by atoms with van der Waals surface area (Å²) in [5.74, 6) is 0.666. The number of rotatable bonds is 4. The molecular weight excluding hydrogens is 244 g/mol. The maximum absolute atomic E-state index is 5.76. The molecule has 84 valence electrons. The first kappa shape index (κ1) is 11.2. The number of aromatic nitrogens is 2. The Morgan fingerprint density at radius 3 is 3.00 bits per heavy atom. The van der Waals surface area contributed by atoms with Gasteiger partial charge in [0.1, 0.15) is 5.82 Å². The van der Waals surface area contributed by atoms with E-state index in [-0.39, 0.29) is 0 Å². The minimum Gasteiger partial charge on any atom is -0.396 e. The second kappa shape index (κ2) is 5.14. The SMILES string of the molecule is Nc1cc(Cl)cnc1NCCc1cscn1. The molecule has 0 aliphatic carbocycles. The van der Waals surface area contributed by atoms with Gasteiger partial charge in [-0.15, -0.1) is 11.3 Å². The molecule has 0 spiro atoms. The third kappa shape index (κ3) is 2.84. The van der Waals surface area contributed by atoms with Crippen molar-refractivity contribution in [1.29, 1.82) is 0 Å². The molecule has 2 rings (SSSR count). The van der Waals surface area contributed by atoms with Crippen molar-refractivity contribution in [2.24, 2.45) is 0 Å². The molecule has 6 heteroatoms. The molecule has 2 heterocycles. The molecule has 0 amide bonds. The monoisotopic (exact) mass is 254 g/mol. The van der Waals surface area contributed by atoms with E-state index in [2.05, 4.69) is 15.3 Å². The van der Waals surface area contributed by atoms with Crippen molar-refractivity contribution < 1.29 is 0 Å². The Bertz CT molecular complexity index is 458. The number of pyridine rings is 1. The van der Waals surface area contributed by atoms with Crippen LogP contribution in [0.2, 0.25) is 5.02 Å². The Morgan fingerprint density at radius 1 is 1.44 bits per heavy atom. The topological polar surface area (TPSA) is 63.8 Å². The van der Waals surface area contributed by atoms with E-state index < -0.39 is 0 Å². The molecule has 0 bridgehead atoms. The summed E-state index contributed by atoms with van der Waals surface area (Å²) in [6.45, 7) is 0.753. The third-order valence-electron chi connectivity index (χ3n) is 2.04. The van der Waals surface area contributed by atoms with E-state index in [1.165, 1.54) is 0 Å². The molecule has 16 heavy (non-hydrogen) atoms.